The average molecular weight is 225 g/mol. The molecule has 0 unspecified atom stereocenters. The first-order valence-corrected chi connectivity index (χ1v) is 5.33. The zero-order valence-electron chi connectivity index (χ0n) is 9.01. The maximum absolute atomic E-state index is 9.51. The van der Waals surface area contributed by atoms with Crippen molar-refractivity contribution in [1.29, 1.82) is 0 Å². The molecule has 0 bridgehead atoms. The quantitative estimate of drug-likeness (QED) is 0.595. The Morgan fingerprint density at radius 2 is 1.53 bits per heavy atom. The lowest BCUT2D eigenvalue weighted by molar-refractivity contribution is 0.475. The van der Waals surface area contributed by atoms with E-state index in [4.69, 9.17) is 0 Å². The molecule has 1 aromatic heterocycles. The summed E-state index contributed by atoms with van der Waals surface area (Å²) in [6.45, 7) is 0. The largest absolute Gasteiger partial charge is 0.508 e. The number of rotatable bonds is 1. The molecule has 1 heterocycles. The number of fused-ring (bicyclic) bond motifs is 1. The van der Waals surface area contributed by atoms with E-state index in [1.54, 1.807) is 24.3 Å². The summed E-state index contributed by atoms with van der Waals surface area (Å²) in [6, 6.07) is 12.2. The van der Waals surface area contributed by atoms with E-state index >= 15 is 0 Å². The van der Waals surface area contributed by atoms with Gasteiger partial charge in [-0.1, -0.05) is 12.1 Å². The highest BCUT2D eigenvalue weighted by atomic mass is 16.3. The molecule has 0 spiro atoms. The van der Waals surface area contributed by atoms with Crippen LogP contribution in [0.4, 0.5) is 0 Å². The van der Waals surface area contributed by atoms with Crippen molar-refractivity contribution in [1.82, 2.24) is 4.98 Å². The maximum Gasteiger partial charge on any atom is 0.116 e. The Morgan fingerprint density at radius 3 is 2.29 bits per heavy atom. The second-order valence-corrected chi connectivity index (χ2v) is 3.98. The van der Waals surface area contributed by atoms with Crippen molar-refractivity contribution in [2.75, 3.05) is 0 Å². The lowest BCUT2D eigenvalue weighted by atomic mass is 10.0. The standard InChI is InChI=1S/C14H11NO2/c16-10-3-1-9(2-4-10)13-8-15-14-6-5-11(17)7-12(13)14/h1-8,15-17H. The highest BCUT2D eigenvalue weighted by molar-refractivity contribution is 5.96. The summed E-state index contributed by atoms with van der Waals surface area (Å²) in [7, 11) is 0. The monoisotopic (exact) mass is 225 g/mol. The lowest BCUT2D eigenvalue weighted by Gasteiger charge is -2.00. The van der Waals surface area contributed by atoms with Crippen LogP contribution in [-0.4, -0.2) is 15.2 Å². The molecule has 84 valence electrons. The molecule has 0 saturated carbocycles. The number of phenols is 2. The zero-order valence-corrected chi connectivity index (χ0v) is 9.01. The van der Waals surface area contributed by atoms with Gasteiger partial charge in [-0.15, -0.1) is 0 Å². The maximum atomic E-state index is 9.51. The summed E-state index contributed by atoms with van der Waals surface area (Å²) >= 11 is 0. The fourth-order valence-electron chi connectivity index (χ4n) is 1.99. The van der Waals surface area contributed by atoms with E-state index in [2.05, 4.69) is 4.98 Å². The van der Waals surface area contributed by atoms with Gasteiger partial charge in [-0.3, -0.25) is 0 Å². The van der Waals surface area contributed by atoms with Gasteiger partial charge in [0.25, 0.3) is 0 Å². The first-order chi connectivity index (χ1) is 8.24. The summed E-state index contributed by atoms with van der Waals surface area (Å²) in [5.74, 6) is 0.494. The van der Waals surface area contributed by atoms with E-state index in [1.807, 2.05) is 24.4 Å². The molecule has 0 atom stereocenters. The van der Waals surface area contributed by atoms with E-state index in [0.29, 0.717) is 0 Å². The van der Waals surface area contributed by atoms with Crippen molar-refractivity contribution in [2.45, 2.75) is 0 Å². The van der Waals surface area contributed by atoms with Crippen LogP contribution >= 0.6 is 0 Å². The van der Waals surface area contributed by atoms with Crippen molar-refractivity contribution < 1.29 is 10.2 Å². The van der Waals surface area contributed by atoms with Gasteiger partial charge in [0, 0.05) is 22.7 Å². The summed E-state index contributed by atoms with van der Waals surface area (Å²) < 4.78 is 0. The van der Waals surface area contributed by atoms with Crippen LogP contribution < -0.4 is 0 Å². The van der Waals surface area contributed by atoms with Gasteiger partial charge in [0.05, 0.1) is 0 Å². The SMILES string of the molecule is Oc1ccc(-c2c[nH]c3ccc(O)cc23)cc1. The van der Waals surface area contributed by atoms with E-state index in [-0.39, 0.29) is 11.5 Å². The van der Waals surface area contributed by atoms with E-state index < -0.39 is 0 Å². The second kappa shape index (κ2) is 3.56. The fraction of sp³-hybridized carbons (Fsp3) is 0. The van der Waals surface area contributed by atoms with Gasteiger partial charge in [0.1, 0.15) is 11.5 Å². The molecule has 2 aromatic carbocycles. The molecule has 3 heteroatoms. The molecular formula is C14H11NO2. The number of aromatic hydroxyl groups is 2. The molecule has 0 amide bonds. The Bertz CT molecular complexity index is 668. The number of benzene rings is 2. The second-order valence-electron chi connectivity index (χ2n) is 3.98. The average Bonchev–Trinajstić information content (AvgIpc) is 2.73. The fourth-order valence-corrected chi connectivity index (χ4v) is 1.99. The van der Waals surface area contributed by atoms with Gasteiger partial charge >= 0.3 is 0 Å². The Kier molecular flexibility index (Phi) is 2.05. The minimum absolute atomic E-state index is 0.247. The number of nitrogens with one attached hydrogen (secondary N) is 1. The third-order valence-corrected chi connectivity index (χ3v) is 2.84. The van der Waals surface area contributed by atoms with Crippen molar-refractivity contribution >= 4 is 10.9 Å². The van der Waals surface area contributed by atoms with Crippen LogP contribution in [0, 0.1) is 0 Å². The molecule has 3 nitrogen and oxygen atoms in total. The highest BCUT2D eigenvalue weighted by Gasteiger charge is 2.06. The Morgan fingerprint density at radius 1 is 0.824 bits per heavy atom. The molecular weight excluding hydrogens is 214 g/mol. The van der Waals surface area contributed by atoms with Gasteiger partial charge in [0.15, 0.2) is 0 Å². The molecule has 0 aliphatic rings. The van der Waals surface area contributed by atoms with Crippen LogP contribution in [0.2, 0.25) is 0 Å². The molecule has 0 aliphatic carbocycles. The van der Waals surface area contributed by atoms with Gasteiger partial charge in [-0.2, -0.15) is 0 Å². The van der Waals surface area contributed by atoms with Crippen LogP contribution in [-0.2, 0) is 0 Å². The molecule has 17 heavy (non-hydrogen) atoms. The number of hydrogen-bond acceptors (Lipinski definition) is 2. The Hall–Kier alpha value is -2.42. The molecule has 3 aromatic rings. The van der Waals surface area contributed by atoms with Crippen molar-refractivity contribution in [3.63, 3.8) is 0 Å². The summed E-state index contributed by atoms with van der Waals surface area (Å²) in [5.41, 5.74) is 2.99. The van der Waals surface area contributed by atoms with Crippen molar-refractivity contribution in [3.8, 4) is 22.6 Å². The third-order valence-electron chi connectivity index (χ3n) is 2.84. The van der Waals surface area contributed by atoms with Crippen LogP contribution in [0.1, 0.15) is 0 Å². The predicted octanol–water partition coefficient (Wildman–Crippen LogP) is 3.25. The van der Waals surface area contributed by atoms with E-state index in [1.165, 1.54) is 0 Å². The van der Waals surface area contributed by atoms with Gasteiger partial charge in [0.2, 0.25) is 0 Å². The Balaban J connectivity index is 2.23. The Labute approximate surface area is 98.0 Å². The first-order valence-electron chi connectivity index (χ1n) is 5.33. The molecule has 0 radical (unpaired) electrons. The smallest absolute Gasteiger partial charge is 0.116 e. The lowest BCUT2D eigenvalue weighted by Crippen LogP contribution is -1.74. The first kappa shape index (κ1) is 9.78. The molecule has 0 fully saturated rings. The summed E-state index contributed by atoms with van der Waals surface area (Å²) in [4.78, 5) is 3.15. The van der Waals surface area contributed by atoms with Crippen molar-refractivity contribution in [3.05, 3.63) is 48.7 Å². The number of aromatic amines is 1. The summed E-state index contributed by atoms with van der Waals surface area (Å²) in [5, 5.41) is 19.7. The number of phenolic OH excluding ortho intramolecular Hbond substituents is 2. The topological polar surface area (TPSA) is 56.2 Å². The van der Waals surface area contributed by atoms with E-state index in [9.17, 15) is 10.2 Å². The minimum atomic E-state index is 0.247. The normalized spacial score (nSPS) is 10.8. The van der Waals surface area contributed by atoms with Crippen LogP contribution in [0.15, 0.2) is 48.7 Å². The number of hydrogen-bond donors (Lipinski definition) is 3. The van der Waals surface area contributed by atoms with Gasteiger partial charge in [-0.05, 0) is 35.9 Å². The number of H-pyrrole nitrogens is 1. The van der Waals surface area contributed by atoms with Gasteiger partial charge < -0.3 is 15.2 Å². The van der Waals surface area contributed by atoms with Crippen LogP contribution in [0.25, 0.3) is 22.0 Å². The minimum Gasteiger partial charge on any atom is -0.508 e. The third kappa shape index (κ3) is 1.61. The van der Waals surface area contributed by atoms with Gasteiger partial charge in [-0.25, -0.2) is 0 Å². The predicted molar refractivity (Wildman–Crippen MR) is 67.1 cm³/mol. The molecule has 3 rings (SSSR count). The van der Waals surface area contributed by atoms with Crippen LogP contribution in [0.5, 0.6) is 11.5 Å². The molecule has 0 saturated heterocycles. The molecule has 3 N–H and O–H groups in total. The molecule has 0 aliphatic heterocycles. The number of aromatic nitrogens is 1. The zero-order chi connectivity index (χ0) is 11.8. The summed E-state index contributed by atoms with van der Waals surface area (Å²) in [6.07, 6.45) is 1.90. The van der Waals surface area contributed by atoms with Crippen LogP contribution in [0.3, 0.4) is 0 Å². The highest BCUT2D eigenvalue weighted by Crippen LogP contribution is 2.31. The van der Waals surface area contributed by atoms with Crippen molar-refractivity contribution in [2.24, 2.45) is 0 Å². The van der Waals surface area contributed by atoms with E-state index in [0.717, 1.165) is 22.0 Å².